The average Bonchev–Trinajstić information content (AvgIpc) is 2.36. The fourth-order valence-corrected chi connectivity index (χ4v) is 2.24. The lowest BCUT2D eigenvalue weighted by molar-refractivity contribution is -0.118. The molecule has 0 aliphatic heterocycles. The first-order valence-corrected chi connectivity index (χ1v) is 5.97. The third-order valence-electron chi connectivity index (χ3n) is 3.16. The van der Waals surface area contributed by atoms with Crippen molar-refractivity contribution in [3.05, 3.63) is 42.0 Å². The molecule has 0 saturated carbocycles. The number of fused-ring (bicyclic) bond motifs is 1. The van der Waals surface area contributed by atoms with Gasteiger partial charge in [0.25, 0.3) is 0 Å². The summed E-state index contributed by atoms with van der Waals surface area (Å²) in [7, 11) is 1.65. The van der Waals surface area contributed by atoms with Crippen LogP contribution in [0.3, 0.4) is 0 Å². The van der Waals surface area contributed by atoms with E-state index in [1.165, 1.54) is 0 Å². The zero-order chi connectivity index (χ0) is 13.1. The van der Waals surface area contributed by atoms with Crippen LogP contribution in [-0.4, -0.2) is 13.0 Å². The van der Waals surface area contributed by atoms with Crippen LogP contribution in [0.5, 0.6) is 5.75 Å². The van der Waals surface area contributed by atoms with Crippen LogP contribution < -0.4 is 10.5 Å². The first kappa shape index (κ1) is 12.4. The molecule has 1 amide bonds. The van der Waals surface area contributed by atoms with E-state index in [1.54, 1.807) is 7.11 Å². The summed E-state index contributed by atoms with van der Waals surface area (Å²) < 4.78 is 5.25. The van der Waals surface area contributed by atoms with E-state index in [9.17, 15) is 4.79 Å². The molecule has 2 N–H and O–H groups in total. The zero-order valence-electron chi connectivity index (χ0n) is 10.6. The van der Waals surface area contributed by atoms with Crippen molar-refractivity contribution in [3.63, 3.8) is 0 Å². The molecule has 18 heavy (non-hydrogen) atoms. The lowest BCUT2D eigenvalue weighted by atomic mass is 9.92. The highest BCUT2D eigenvalue weighted by molar-refractivity contribution is 5.88. The van der Waals surface area contributed by atoms with Gasteiger partial charge in [0.2, 0.25) is 5.91 Å². The molecule has 1 unspecified atom stereocenters. The van der Waals surface area contributed by atoms with E-state index in [0.717, 1.165) is 22.1 Å². The number of benzene rings is 2. The Kier molecular flexibility index (Phi) is 3.51. The monoisotopic (exact) mass is 243 g/mol. The summed E-state index contributed by atoms with van der Waals surface area (Å²) in [5, 5.41) is 2.26. The molecule has 0 aliphatic rings. The zero-order valence-corrected chi connectivity index (χ0v) is 10.6. The van der Waals surface area contributed by atoms with E-state index in [2.05, 4.69) is 6.07 Å². The van der Waals surface area contributed by atoms with Crippen LogP contribution in [0.15, 0.2) is 36.4 Å². The Balaban J connectivity index is 2.52. The fourth-order valence-electron chi connectivity index (χ4n) is 2.24. The number of methoxy groups -OCH3 is 1. The first-order valence-electron chi connectivity index (χ1n) is 5.97. The summed E-state index contributed by atoms with van der Waals surface area (Å²) in [5.41, 5.74) is 6.40. The van der Waals surface area contributed by atoms with E-state index in [0.29, 0.717) is 6.42 Å². The maximum Gasteiger partial charge on any atom is 0.218 e. The Morgan fingerprint density at radius 3 is 2.78 bits per heavy atom. The van der Waals surface area contributed by atoms with Crippen LogP contribution >= 0.6 is 0 Å². The quantitative estimate of drug-likeness (QED) is 0.897. The number of nitrogens with two attached hydrogens (primary N) is 1. The lowest BCUT2D eigenvalue weighted by Gasteiger charge is -2.13. The van der Waals surface area contributed by atoms with Gasteiger partial charge in [0.15, 0.2) is 0 Å². The van der Waals surface area contributed by atoms with E-state index >= 15 is 0 Å². The van der Waals surface area contributed by atoms with Crippen molar-refractivity contribution < 1.29 is 9.53 Å². The first-order chi connectivity index (χ1) is 8.61. The SMILES string of the molecule is COc1ccc2cccc(C(C)CC(N)=O)c2c1. The molecule has 2 aromatic carbocycles. The second-order valence-electron chi connectivity index (χ2n) is 4.51. The van der Waals surface area contributed by atoms with Crippen LogP contribution in [-0.2, 0) is 4.79 Å². The van der Waals surface area contributed by atoms with E-state index < -0.39 is 0 Å². The van der Waals surface area contributed by atoms with Gasteiger partial charge in [-0.05, 0) is 34.4 Å². The van der Waals surface area contributed by atoms with Crippen LogP contribution in [0.25, 0.3) is 10.8 Å². The average molecular weight is 243 g/mol. The molecule has 0 bridgehead atoms. The van der Waals surface area contributed by atoms with E-state index in [-0.39, 0.29) is 11.8 Å². The number of carbonyl (C=O) groups excluding carboxylic acids is 1. The van der Waals surface area contributed by atoms with E-state index in [4.69, 9.17) is 10.5 Å². The van der Waals surface area contributed by atoms with Crippen LogP contribution in [0.2, 0.25) is 0 Å². The molecule has 0 fully saturated rings. The molecule has 0 heterocycles. The van der Waals surface area contributed by atoms with Crippen molar-refractivity contribution in [1.82, 2.24) is 0 Å². The van der Waals surface area contributed by atoms with Gasteiger partial charge in [-0.2, -0.15) is 0 Å². The number of rotatable bonds is 4. The molecule has 0 radical (unpaired) electrons. The maximum absolute atomic E-state index is 11.0. The van der Waals surface area contributed by atoms with Crippen LogP contribution in [0.1, 0.15) is 24.8 Å². The predicted octanol–water partition coefficient (Wildman–Crippen LogP) is 2.83. The van der Waals surface area contributed by atoms with Gasteiger partial charge < -0.3 is 10.5 Å². The van der Waals surface area contributed by atoms with Gasteiger partial charge >= 0.3 is 0 Å². The van der Waals surface area contributed by atoms with Crippen LogP contribution in [0, 0.1) is 0 Å². The number of carbonyl (C=O) groups is 1. The third-order valence-corrected chi connectivity index (χ3v) is 3.16. The summed E-state index contributed by atoms with van der Waals surface area (Å²) in [6.45, 7) is 2.01. The number of primary amides is 1. The Morgan fingerprint density at radius 2 is 2.11 bits per heavy atom. The molecular weight excluding hydrogens is 226 g/mol. The molecule has 0 spiro atoms. The topological polar surface area (TPSA) is 52.3 Å². The molecule has 94 valence electrons. The summed E-state index contributed by atoms with van der Waals surface area (Å²) in [4.78, 5) is 11.0. The van der Waals surface area contributed by atoms with Gasteiger partial charge in [-0.1, -0.05) is 31.2 Å². The molecular formula is C15H17NO2. The predicted molar refractivity (Wildman–Crippen MR) is 72.7 cm³/mol. The van der Waals surface area contributed by atoms with Crippen molar-refractivity contribution in [3.8, 4) is 5.75 Å². The number of hydrogen-bond acceptors (Lipinski definition) is 2. The molecule has 2 aromatic rings. The number of amides is 1. The second-order valence-corrected chi connectivity index (χ2v) is 4.51. The van der Waals surface area contributed by atoms with Gasteiger partial charge in [0.1, 0.15) is 5.75 Å². The van der Waals surface area contributed by atoms with Crippen molar-refractivity contribution in [2.24, 2.45) is 5.73 Å². The smallest absolute Gasteiger partial charge is 0.218 e. The minimum absolute atomic E-state index is 0.110. The Hall–Kier alpha value is -2.03. The highest BCUT2D eigenvalue weighted by atomic mass is 16.5. The molecule has 0 saturated heterocycles. The van der Waals surface area contributed by atoms with Gasteiger partial charge in [0.05, 0.1) is 7.11 Å². The molecule has 0 aromatic heterocycles. The Bertz CT molecular complexity index is 578. The molecule has 3 heteroatoms. The normalized spacial score (nSPS) is 12.3. The van der Waals surface area contributed by atoms with Crippen LogP contribution in [0.4, 0.5) is 0 Å². The summed E-state index contributed by atoms with van der Waals surface area (Å²) >= 11 is 0. The minimum Gasteiger partial charge on any atom is -0.497 e. The molecule has 0 aliphatic carbocycles. The second kappa shape index (κ2) is 5.08. The lowest BCUT2D eigenvalue weighted by Crippen LogP contribution is -2.13. The number of ether oxygens (including phenoxy) is 1. The van der Waals surface area contributed by atoms with E-state index in [1.807, 2.05) is 37.3 Å². The van der Waals surface area contributed by atoms with Crippen molar-refractivity contribution in [2.45, 2.75) is 19.3 Å². The van der Waals surface area contributed by atoms with Gasteiger partial charge in [0, 0.05) is 6.42 Å². The largest absolute Gasteiger partial charge is 0.497 e. The summed E-state index contributed by atoms with van der Waals surface area (Å²) in [6, 6.07) is 12.0. The maximum atomic E-state index is 11.0. The molecule has 2 rings (SSSR count). The highest BCUT2D eigenvalue weighted by Crippen LogP contribution is 2.30. The fraction of sp³-hybridized carbons (Fsp3) is 0.267. The summed E-state index contributed by atoms with van der Waals surface area (Å²) in [6.07, 6.45) is 0.357. The third kappa shape index (κ3) is 2.45. The van der Waals surface area contributed by atoms with Gasteiger partial charge in [-0.15, -0.1) is 0 Å². The van der Waals surface area contributed by atoms with Crippen molar-refractivity contribution in [1.29, 1.82) is 0 Å². The minimum atomic E-state index is -0.276. The van der Waals surface area contributed by atoms with Crippen molar-refractivity contribution >= 4 is 16.7 Å². The number of hydrogen-bond donors (Lipinski definition) is 1. The summed E-state index contributed by atoms with van der Waals surface area (Å²) in [5.74, 6) is 0.655. The van der Waals surface area contributed by atoms with Gasteiger partial charge in [-0.25, -0.2) is 0 Å². The van der Waals surface area contributed by atoms with Crippen molar-refractivity contribution in [2.75, 3.05) is 7.11 Å². The Morgan fingerprint density at radius 1 is 1.33 bits per heavy atom. The standard InChI is InChI=1S/C15H17NO2/c1-10(8-15(16)17)13-5-3-4-11-6-7-12(18-2)9-14(11)13/h3-7,9-10H,8H2,1-2H3,(H2,16,17). The Labute approximate surface area is 107 Å². The highest BCUT2D eigenvalue weighted by Gasteiger charge is 2.12. The molecule has 1 atom stereocenters. The van der Waals surface area contributed by atoms with Gasteiger partial charge in [-0.3, -0.25) is 4.79 Å². The molecule has 3 nitrogen and oxygen atoms in total.